The molecule has 1 saturated heterocycles. The van der Waals surface area contributed by atoms with Crippen LogP contribution in [0.5, 0.6) is 5.75 Å². The van der Waals surface area contributed by atoms with Crippen LogP contribution in [0.4, 0.5) is 5.95 Å². The molecule has 4 aromatic rings. The molecule has 10 heteroatoms. The highest BCUT2D eigenvalue weighted by Gasteiger charge is 2.25. The average Bonchev–Trinajstić information content (AvgIpc) is 3.30. The summed E-state index contributed by atoms with van der Waals surface area (Å²) in [5, 5.41) is 13.8. The number of aromatic nitrogens is 4. The Labute approximate surface area is 253 Å². The summed E-state index contributed by atoms with van der Waals surface area (Å²) in [7, 11) is 5.82. The summed E-state index contributed by atoms with van der Waals surface area (Å²) in [6, 6.07) is 11.6. The summed E-state index contributed by atoms with van der Waals surface area (Å²) in [4.78, 5) is 32.0. The third-order valence-electron chi connectivity index (χ3n) is 7.96. The molecule has 0 atom stereocenters. The molecule has 1 aliphatic heterocycles. The summed E-state index contributed by atoms with van der Waals surface area (Å²) in [6.45, 7) is 9.97. The maximum atomic E-state index is 13.6. The van der Waals surface area contributed by atoms with E-state index in [0.29, 0.717) is 40.1 Å². The number of anilines is 1. The van der Waals surface area contributed by atoms with E-state index in [1.807, 2.05) is 17.6 Å². The number of amides is 1. The van der Waals surface area contributed by atoms with E-state index in [9.17, 15) is 9.90 Å². The Morgan fingerprint density at radius 3 is 2.60 bits per heavy atom. The van der Waals surface area contributed by atoms with E-state index in [2.05, 4.69) is 51.3 Å². The quantitative estimate of drug-likeness (QED) is 0.279. The zero-order valence-corrected chi connectivity index (χ0v) is 26.1. The number of carbonyl (C=O) groups is 1. The Bertz CT molecular complexity index is 1580. The third-order valence-corrected chi connectivity index (χ3v) is 7.96. The van der Waals surface area contributed by atoms with Crippen LogP contribution >= 0.6 is 0 Å². The number of hydrogen-bond donors (Lipinski definition) is 2. The standard InChI is InChI=1S/C33H43N7O3/c1-22-17-25(18-28(35-22)26-20-34-12-9-30(26)43-6)31(41)37-32-36-27-8-7-24(19-29(27)40(32)21-33(2,3)42)23-10-13-39(14-11-23)16-15-38(4)5/h7-9,12,17-20,23,42H,10-11,13-16,21H2,1-6H3,(H,36,37,41). The number of imidazole rings is 1. The highest BCUT2D eigenvalue weighted by atomic mass is 16.5. The first-order valence-corrected chi connectivity index (χ1v) is 14.9. The molecule has 0 bridgehead atoms. The Balaban J connectivity index is 1.42. The van der Waals surface area contributed by atoms with Gasteiger partial charge in [0, 0.05) is 36.7 Å². The van der Waals surface area contributed by atoms with E-state index in [1.54, 1.807) is 51.6 Å². The van der Waals surface area contributed by atoms with Crippen molar-refractivity contribution < 1.29 is 14.6 Å². The van der Waals surface area contributed by atoms with Crippen LogP contribution in [0, 0.1) is 6.92 Å². The van der Waals surface area contributed by atoms with E-state index >= 15 is 0 Å². The number of hydrogen-bond acceptors (Lipinski definition) is 8. The van der Waals surface area contributed by atoms with Crippen LogP contribution < -0.4 is 10.1 Å². The topological polar surface area (TPSA) is 109 Å². The first-order valence-electron chi connectivity index (χ1n) is 14.9. The summed E-state index contributed by atoms with van der Waals surface area (Å²) in [6.07, 6.45) is 5.54. The Morgan fingerprint density at radius 2 is 1.91 bits per heavy atom. The Hall–Kier alpha value is -3.86. The number of ether oxygens (including phenoxy) is 1. The predicted molar refractivity (Wildman–Crippen MR) is 170 cm³/mol. The second-order valence-corrected chi connectivity index (χ2v) is 12.4. The number of aryl methyl sites for hydroxylation is 1. The van der Waals surface area contributed by atoms with Gasteiger partial charge in [-0.15, -0.1) is 0 Å². The molecular weight excluding hydrogens is 542 g/mol. The highest BCUT2D eigenvalue weighted by molar-refractivity contribution is 6.04. The molecule has 43 heavy (non-hydrogen) atoms. The highest BCUT2D eigenvalue weighted by Crippen LogP contribution is 2.32. The molecule has 0 saturated carbocycles. The SMILES string of the molecule is COc1ccncc1-c1cc(C(=O)Nc2nc3ccc(C4CCN(CCN(C)C)CC4)cc3n2CC(C)(C)O)cc(C)n1. The van der Waals surface area contributed by atoms with Gasteiger partial charge in [-0.1, -0.05) is 6.07 Å². The number of nitrogens with zero attached hydrogens (tertiary/aromatic N) is 6. The number of nitrogens with one attached hydrogen (secondary N) is 1. The zero-order valence-electron chi connectivity index (χ0n) is 26.1. The number of piperidine rings is 1. The predicted octanol–water partition coefficient (Wildman–Crippen LogP) is 4.57. The maximum absolute atomic E-state index is 13.6. The van der Waals surface area contributed by atoms with Crippen molar-refractivity contribution in [3.05, 3.63) is 65.6 Å². The first-order chi connectivity index (χ1) is 20.5. The van der Waals surface area contributed by atoms with Crippen molar-refractivity contribution in [2.75, 3.05) is 52.7 Å². The number of benzene rings is 1. The van der Waals surface area contributed by atoms with Gasteiger partial charge in [0.15, 0.2) is 0 Å². The van der Waals surface area contributed by atoms with E-state index in [0.717, 1.165) is 50.1 Å². The fourth-order valence-corrected chi connectivity index (χ4v) is 5.73. The van der Waals surface area contributed by atoms with Crippen LogP contribution in [0.1, 0.15) is 54.2 Å². The molecule has 0 spiro atoms. The normalized spacial score (nSPS) is 14.9. The van der Waals surface area contributed by atoms with Gasteiger partial charge in [-0.05, 0) is 103 Å². The molecule has 1 aromatic carbocycles. The van der Waals surface area contributed by atoms with Crippen molar-refractivity contribution >= 4 is 22.9 Å². The summed E-state index contributed by atoms with van der Waals surface area (Å²) in [5.41, 5.74) is 4.36. The van der Waals surface area contributed by atoms with Crippen molar-refractivity contribution in [1.82, 2.24) is 29.3 Å². The zero-order chi connectivity index (χ0) is 30.7. The minimum atomic E-state index is -1.02. The second-order valence-electron chi connectivity index (χ2n) is 12.4. The molecule has 2 N–H and O–H groups in total. The van der Waals surface area contributed by atoms with Crippen LogP contribution in [-0.2, 0) is 6.54 Å². The number of rotatable bonds is 10. The van der Waals surface area contributed by atoms with Gasteiger partial charge in [-0.25, -0.2) is 4.98 Å². The lowest BCUT2D eigenvalue weighted by Gasteiger charge is -2.32. The molecule has 10 nitrogen and oxygen atoms in total. The van der Waals surface area contributed by atoms with Crippen molar-refractivity contribution in [3.63, 3.8) is 0 Å². The van der Waals surface area contributed by atoms with Crippen molar-refractivity contribution in [2.24, 2.45) is 0 Å². The fraction of sp³-hybridized carbons (Fsp3) is 0.455. The smallest absolute Gasteiger partial charge is 0.258 e. The van der Waals surface area contributed by atoms with Crippen LogP contribution in [0.2, 0.25) is 0 Å². The van der Waals surface area contributed by atoms with E-state index in [1.165, 1.54) is 5.56 Å². The molecule has 5 rings (SSSR count). The van der Waals surface area contributed by atoms with Gasteiger partial charge >= 0.3 is 0 Å². The molecule has 1 fully saturated rings. The first kappa shape index (κ1) is 30.6. The van der Waals surface area contributed by atoms with Gasteiger partial charge in [-0.2, -0.15) is 0 Å². The van der Waals surface area contributed by atoms with Crippen LogP contribution in [0.25, 0.3) is 22.3 Å². The number of pyridine rings is 2. The minimum absolute atomic E-state index is 0.277. The number of carbonyl (C=O) groups excluding carboxylic acids is 1. The molecule has 1 amide bonds. The minimum Gasteiger partial charge on any atom is -0.496 e. The number of methoxy groups -OCH3 is 1. The molecule has 0 aliphatic carbocycles. The van der Waals surface area contributed by atoms with Gasteiger partial charge in [0.25, 0.3) is 5.91 Å². The van der Waals surface area contributed by atoms with Crippen molar-refractivity contribution in [2.45, 2.75) is 51.7 Å². The summed E-state index contributed by atoms with van der Waals surface area (Å²) < 4.78 is 7.41. The van der Waals surface area contributed by atoms with Gasteiger partial charge < -0.3 is 24.2 Å². The Kier molecular flexibility index (Phi) is 9.10. The molecule has 1 aliphatic rings. The lowest BCUT2D eigenvalue weighted by atomic mass is 9.89. The van der Waals surface area contributed by atoms with Crippen LogP contribution in [0.15, 0.2) is 48.8 Å². The van der Waals surface area contributed by atoms with Gasteiger partial charge in [0.2, 0.25) is 5.95 Å². The number of likely N-dealkylation sites (N-methyl/N-ethyl adjacent to an activating group) is 1. The van der Waals surface area contributed by atoms with Gasteiger partial charge in [0.05, 0.1) is 41.5 Å². The van der Waals surface area contributed by atoms with E-state index in [4.69, 9.17) is 9.72 Å². The van der Waals surface area contributed by atoms with Crippen molar-refractivity contribution in [1.29, 1.82) is 0 Å². The average molecular weight is 586 g/mol. The summed E-state index contributed by atoms with van der Waals surface area (Å²) in [5.74, 6) is 1.17. The molecule has 3 aromatic heterocycles. The largest absolute Gasteiger partial charge is 0.496 e. The fourth-order valence-electron chi connectivity index (χ4n) is 5.73. The molecule has 0 radical (unpaired) electrons. The molecule has 0 unspecified atom stereocenters. The second kappa shape index (κ2) is 12.8. The monoisotopic (exact) mass is 585 g/mol. The van der Waals surface area contributed by atoms with Gasteiger partial charge in [0.1, 0.15) is 5.75 Å². The number of aliphatic hydroxyl groups is 1. The molecule has 4 heterocycles. The van der Waals surface area contributed by atoms with E-state index in [-0.39, 0.29) is 12.5 Å². The third kappa shape index (κ3) is 7.38. The lowest BCUT2D eigenvalue weighted by Crippen LogP contribution is -2.37. The number of likely N-dealkylation sites (tertiary alicyclic amines) is 1. The van der Waals surface area contributed by atoms with E-state index < -0.39 is 5.60 Å². The van der Waals surface area contributed by atoms with Crippen molar-refractivity contribution in [3.8, 4) is 17.0 Å². The van der Waals surface area contributed by atoms with Crippen LogP contribution in [0.3, 0.4) is 0 Å². The molecular formula is C33H43N7O3. The van der Waals surface area contributed by atoms with Crippen LogP contribution in [-0.4, -0.2) is 93.3 Å². The number of fused-ring (bicyclic) bond motifs is 1. The maximum Gasteiger partial charge on any atom is 0.258 e. The summed E-state index contributed by atoms with van der Waals surface area (Å²) >= 11 is 0. The molecule has 228 valence electrons. The lowest BCUT2D eigenvalue weighted by molar-refractivity contribution is 0.0630. The van der Waals surface area contributed by atoms with Gasteiger partial charge in [-0.3, -0.25) is 20.1 Å². The Morgan fingerprint density at radius 1 is 1.14 bits per heavy atom.